The van der Waals surface area contributed by atoms with Crippen LogP contribution in [-0.4, -0.2) is 40.4 Å². The minimum Gasteiger partial charge on any atom is -0.309 e. The average Bonchev–Trinajstić information content (AvgIpc) is 3.04. The molecule has 3 rings (SSSR count). The number of likely N-dealkylation sites (tertiary alicyclic amines) is 1. The van der Waals surface area contributed by atoms with Crippen LogP contribution in [-0.2, 0) is 13.5 Å². The Morgan fingerprint density at radius 1 is 1.40 bits per heavy atom. The maximum Gasteiger partial charge on any atom is 0.0540 e. The summed E-state index contributed by atoms with van der Waals surface area (Å²) in [5.74, 6) is 0.819. The predicted molar refractivity (Wildman–Crippen MR) is 81.7 cm³/mol. The minimum absolute atomic E-state index is 0.528. The van der Waals surface area contributed by atoms with Crippen LogP contribution in [0.4, 0.5) is 0 Å². The second kappa shape index (κ2) is 5.86. The normalized spacial score (nSPS) is 27.2. The summed E-state index contributed by atoms with van der Waals surface area (Å²) >= 11 is 0. The summed E-state index contributed by atoms with van der Waals surface area (Å²) in [6.45, 7) is 8.30. The van der Waals surface area contributed by atoms with Gasteiger partial charge in [0.1, 0.15) is 0 Å². The van der Waals surface area contributed by atoms with Gasteiger partial charge in [-0.05, 0) is 58.5 Å². The SMILES string of the molecule is CC(C)N1CCC(CNC2CCCc3c2cnn3C)C1. The second-order valence-electron chi connectivity index (χ2n) is 6.77. The Labute approximate surface area is 122 Å². The lowest BCUT2D eigenvalue weighted by molar-refractivity contribution is 0.262. The number of nitrogens with one attached hydrogen (secondary N) is 1. The highest BCUT2D eigenvalue weighted by Crippen LogP contribution is 2.29. The third-order valence-electron chi connectivity index (χ3n) is 5.08. The van der Waals surface area contributed by atoms with Crippen LogP contribution in [0.5, 0.6) is 0 Å². The molecule has 0 radical (unpaired) electrons. The van der Waals surface area contributed by atoms with Crippen molar-refractivity contribution >= 4 is 0 Å². The number of aromatic nitrogens is 2. The highest BCUT2D eigenvalue weighted by atomic mass is 15.3. The number of nitrogens with zero attached hydrogens (tertiary/aromatic N) is 3. The summed E-state index contributed by atoms with van der Waals surface area (Å²) in [5.41, 5.74) is 2.88. The van der Waals surface area contributed by atoms with Gasteiger partial charge >= 0.3 is 0 Å². The van der Waals surface area contributed by atoms with E-state index in [2.05, 4.69) is 47.1 Å². The molecule has 0 saturated carbocycles. The van der Waals surface area contributed by atoms with Crippen molar-refractivity contribution in [3.8, 4) is 0 Å². The first kappa shape index (κ1) is 14.1. The first-order valence-corrected chi connectivity index (χ1v) is 8.13. The van der Waals surface area contributed by atoms with Crippen LogP contribution in [0.1, 0.15) is 50.4 Å². The van der Waals surface area contributed by atoms with Crippen molar-refractivity contribution in [3.63, 3.8) is 0 Å². The van der Waals surface area contributed by atoms with Crippen molar-refractivity contribution in [2.45, 2.75) is 51.6 Å². The van der Waals surface area contributed by atoms with Gasteiger partial charge in [-0.15, -0.1) is 0 Å². The van der Waals surface area contributed by atoms with Crippen molar-refractivity contribution in [3.05, 3.63) is 17.5 Å². The molecule has 1 aromatic heterocycles. The number of rotatable bonds is 4. The van der Waals surface area contributed by atoms with Crippen molar-refractivity contribution < 1.29 is 0 Å². The van der Waals surface area contributed by atoms with Gasteiger partial charge < -0.3 is 10.2 Å². The molecule has 4 heteroatoms. The fourth-order valence-corrected chi connectivity index (χ4v) is 3.73. The molecule has 0 aromatic carbocycles. The van der Waals surface area contributed by atoms with E-state index < -0.39 is 0 Å². The van der Waals surface area contributed by atoms with Crippen LogP contribution < -0.4 is 5.32 Å². The minimum atomic E-state index is 0.528. The number of aryl methyl sites for hydroxylation is 1. The van der Waals surface area contributed by atoms with E-state index in [1.54, 1.807) is 0 Å². The Bertz CT molecular complexity index is 451. The summed E-state index contributed by atoms with van der Waals surface area (Å²) in [6, 6.07) is 1.22. The van der Waals surface area contributed by atoms with Crippen LogP contribution in [0.2, 0.25) is 0 Å². The van der Waals surface area contributed by atoms with Crippen molar-refractivity contribution in [1.82, 2.24) is 20.0 Å². The molecule has 4 nitrogen and oxygen atoms in total. The lowest BCUT2D eigenvalue weighted by atomic mass is 9.92. The Morgan fingerprint density at radius 2 is 2.25 bits per heavy atom. The summed E-state index contributed by atoms with van der Waals surface area (Å²) < 4.78 is 2.05. The van der Waals surface area contributed by atoms with Crippen LogP contribution in [0.15, 0.2) is 6.20 Å². The van der Waals surface area contributed by atoms with Crippen molar-refractivity contribution in [2.75, 3.05) is 19.6 Å². The smallest absolute Gasteiger partial charge is 0.0540 e. The van der Waals surface area contributed by atoms with Gasteiger partial charge in [0, 0.05) is 36.9 Å². The molecule has 0 amide bonds. The fraction of sp³-hybridized carbons (Fsp3) is 0.812. The summed E-state index contributed by atoms with van der Waals surface area (Å²) in [5, 5.41) is 8.24. The van der Waals surface area contributed by atoms with E-state index in [4.69, 9.17) is 0 Å². The van der Waals surface area contributed by atoms with Gasteiger partial charge in [-0.1, -0.05) is 0 Å². The maximum atomic E-state index is 4.43. The molecule has 1 aliphatic heterocycles. The van der Waals surface area contributed by atoms with Crippen molar-refractivity contribution in [1.29, 1.82) is 0 Å². The van der Waals surface area contributed by atoms with Gasteiger partial charge in [-0.3, -0.25) is 4.68 Å². The largest absolute Gasteiger partial charge is 0.309 e. The third-order valence-corrected chi connectivity index (χ3v) is 5.08. The molecule has 0 bridgehead atoms. The number of hydrogen-bond donors (Lipinski definition) is 1. The van der Waals surface area contributed by atoms with E-state index in [0.717, 1.165) is 12.5 Å². The maximum absolute atomic E-state index is 4.43. The number of fused-ring (bicyclic) bond motifs is 1. The van der Waals surface area contributed by atoms with Gasteiger partial charge in [0.2, 0.25) is 0 Å². The molecule has 1 N–H and O–H groups in total. The van der Waals surface area contributed by atoms with Gasteiger partial charge in [-0.25, -0.2) is 0 Å². The monoisotopic (exact) mass is 276 g/mol. The van der Waals surface area contributed by atoms with Crippen LogP contribution in [0, 0.1) is 5.92 Å². The van der Waals surface area contributed by atoms with Crippen LogP contribution in [0.25, 0.3) is 0 Å². The topological polar surface area (TPSA) is 33.1 Å². The molecule has 1 aliphatic carbocycles. The molecule has 2 heterocycles. The van der Waals surface area contributed by atoms with Gasteiger partial charge in [0.05, 0.1) is 6.20 Å². The zero-order valence-corrected chi connectivity index (χ0v) is 13.1. The molecule has 2 aliphatic rings. The molecule has 2 unspecified atom stereocenters. The zero-order valence-electron chi connectivity index (χ0n) is 13.1. The third kappa shape index (κ3) is 2.77. The highest BCUT2D eigenvalue weighted by Gasteiger charge is 2.27. The highest BCUT2D eigenvalue weighted by molar-refractivity contribution is 5.24. The Balaban J connectivity index is 1.55. The molecule has 20 heavy (non-hydrogen) atoms. The molecule has 2 atom stereocenters. The van der Waals surface area contributed by atoms with E-state index in [1.165, 1.54) is 50.0 Å². The average molecular weight is 276 g/mol. The lowest BCUT2D eigenvalue weighted by Gasteiger charge is -2.26. The quantitative estimate of drug-likeness (QED) is 0.914. The second-order valence-corrected chi connectivity index (χ2v) is 6.77. The summed E-state index contributed by atoms with van der Waals surface area (Å²) in [4.78, 5) is 2.60. The molecule has 0 spiro atoms. The summed E-state index contributed by atoms with van der Waals surface area (Å²) in [6.07, 6.45) is 7.15. The van der Waals surface area contributed by atoms with Crippen LogP contribution in [0.3, 0.4) is 0 Å². The number of hydrogen-bond acceptors (Lipinski definition) is 3. The first-order valence-electron chi connectivity index (χ1n) is 8.13. The van der Waals surface area contributed by atoms with E-state index >= 15 is 0 Å². The van der Waals surface area contributed by atoms with E-state index in [1.807, 2.05) is 0 Å². The van der Waals surface area contributed by atoms with E-state index in [9.17, 15) is 0 Å². The van der Waals surface area contributed by atoms with E-state index in [0.29, 0.717) is 12.1 Å². The zero-order chi connectivity index (χ0) is 14.1. The van der Waals surface area contributed by atoms with Crippen molar-refractivity contribution in [2.24, 2.45) is 13.0 Å². The van der Waals surface area contributed by atoms with Gasteiger partial charge in [0.15, 0.2) is 0 Å². The Kier molecular flexibility index (Phi) is 4.13. The molecule has 1 aromatic rings. The predicted octanol–water partition coefficient (Wildman–Crippen LogP) is 2.12. The molecular formula is C16H28N4. The van der Waals surface area contributed by atoms with Gasteiger partial charge in [-0.2, -0.15) is 5.10 Å². The van der Waals surface area contributed by atoms with Crippen LogP contribution >= 0.6 is 0 Å². The Morgan fingerprint density at radius 3 is 3.00 bits per heavy atom. The lowest BCUT2D eigenvalue weighted by Crippen LogP contribution is -2.33. The fourth-order valence-electron chi connectivity index (χ4n) is 3.73. The van der Waals surface area contributed by atoms with E-state index in [-0.39, 0.29) is 0 Å². The molecule has 1 fully saturated rings. The first-order chi connectivity index (χ1) is 9.65. The van der Waals surface area contributed by atoms with Gasteiger partial charge in [0.25, 0.3) is 0 Å². The molecule has 1 saturated heterocycles. The summed E-state index contributed by atoms with van der Waals surface area (Å²) in [7, 11) is 2.07. The Hall–Kier alpha value is -0.870. The molecule has 112 valence electrons. The molecular weight excluding hydrogens is 248 g/mol. The standard InChI is InChI=1S/C16H28N4/c1-12(2)20-8-7-13(11-20)9-17-15-5-4-6-16-14(15)10-18-19(16)3/h10,12-13,15,17H,4-9,11H2,1-3H3.